The molecule has 12 heteroatoms. The number of nitrogens with zero attached hydrogens (tertiary/aromatic N) is 4. The van der Waals surface area contributed by atoms with Crippen LogP contribution in [0.15, 0.2) is 61.4 Å². The van der Waals surface area contributed by atoms with Gasteiger partial charge in [-0.05, 0) is 36.4 Å². The third-order valence-corrected chi connectivity index (χ3v) is 5.58. The van der Waals surface area contributed by atoms with Crippen LogP contribution in [0.2, 0.25) is 0 Å². The Kier molecular flexibility index (Phi) is 5.77. The van der Waals surface area contributed by atoms with Crippen LogP contribution in [0.3, 0.4) is 0 Å². The maximum atomic E-state index is 13.1. The summed E-state index contributed by atoms with van der Waals surface area (Å²) in [6.45, 7) is 0.479. The smallest absolute Gasteiger partial charge is 0.420 e. The quantitative estimate of drug-likeness (QED) is 0.389. The minimum Gasteiger partial charge on any atom is -0.420 e. The molecule has 0 bridgehead atoms. The molecule has 178 valence electrons. The van der Waals surface area contributed by atoms with E-state index in [1.54, 1.807) is 30.9 Å². The van der Waals surface area contributed by atoms with E-state index in [1.807, 2.05) is 4.57 Å². The molecule has 5 rings (SSSR count). The summed E-state index contributed by atoms with van der Waals surface area (Å²) in [6, 6.07) is 8.59. The van der Waals surface area contributed by atoms with Crippen LogP contribution < -0.4 is 15.4 Å². The lowest BCUT2D eigenvalue weighted by molar-refractivity contribution is -0.119. The van der Waals surface area contributed by atoms with Crippen molar-refractivity contribution in [1.29, 1.82) is 0 Å². The summed E-state index contributed by atoms with van der Waals surface area (Å²) in [4.78, 5) is 37.5. The number of aromatic nitrogens is 4. The molecule has 2 amide bonds. The van der Waals surface area contributed by atoms with Crippen molar-refractivity contribution >= 4 is 40.1 Å². The normalized spacial score (nSPS) is 15.7. The Labute approximate surface area is 202 Å². The van der Waals surface area contributed by atoms with Crippen LogP contribution in [0.5, 0.6) is 5.75 Å². The van der Waals surface area contributed by atoms with Crippen LogP contribution in [0, 0.1) is 0 Å². The minimum absolute atomic E-state index is 0.0383. The van der Waals surface area contributed by atoms with Gasteiger partial charge in [0.25, 0.3) is 5.91 Å². The van der Waals surface area contributed by atoms with Gasteiger partial charge in [0.2, 0.25) is 5.91 Å². The average Bonchev–Trinajstić information content (AvgIpc) is 3.45. The molecule has 2 aromatic carbocycles. The number of nitrogens with one attached hydrogen (secondary N) is 2. The third kappa shape index (κ3) is 4.90. The number of benzene rings is 2. The molecule has 9 nitrogen and oxygen atoms in total. The molecule has 0 spiro atoms. The molecule has 0 aliphatic carbocycles. The van der Waals surface area contributed by atoms with Gasteiger partial charge >= 0.3 is 5.57 Å². The number of rotatable bonds is 6. The number of hydrogen-bond donors (Lipinski definition) is 2. The number of alkyl halides is 3. The van der Waals surface area contributed by atoms with Crippen LogP contribution >= 0.6 is 11.6 Å². The van der Waals surface area contributed by atoms with Gasteiger partial charge < -0.3 is 19.9 Å². The summed E-state index contributed by atoms with van der Waals surface area (Å²) >= 11 is 4.77. The molecule has 35 heavy (non-hydrogen) atoms. The Bertz CT molecular complexity index is 1410. The largest absolute Gasteiger partial charge is 0.487 e. The zero-order valence-corrected chi connectivity index (χ0v) is 18.7. The summed E-state index contributed by atoms with van der Waals surface area (Å²) in [6.07, 6.45) is 6.64. The van der Waals surface area contributed by atoms with Crippen LogP contribution in [-0.4, -0.2) is 43.4 Å². The summed E-state index contributed by atoms with van der Waals surface area (Å²) in [5.74, 6) is -0.626. The lowest BCUT2D eigenvalue weighted by Gasteiger charge is -2.15. The summed E-state index contributed by atoms with van der Waals surface area (Å²) in [5.41, 5.74) is -0.484. The molecule has 0 saturated carbocycles. The van der Waals surface area contributed by atoms with Crippen LogP contribution in [-0.2, 0) is 4.79 Å². The van der Waals surface area contributed by atoms with E-state index in [4.69, 9.17) is 11.6 Å². The maximum absolute atomic E-state index is 13.1. The van der Waals surface area contributed by atoms with Crippen molar-refractivity contribution in [1.82, 2.24) is 24.8 Å². The van der Waals surface area contributed by atoms with E-state index in [9.17, 15) is 18.4 Å². The van der Waals surface area contributed by atoms with Crippen molar-refractivity contribution in [3.05, 3.63) is 67.0 Å². The first-order chi connectivity index (χ1) is 16.8. The van der Waals surface area contributed by atoms with Crippen LogP contribution in [0.4, 0.5) is 14.5 Å². The van der Waals surface area contributed by atoms with Crippen molar-refractivity contribution in [2.45, 2.75) is 18.0 Å². The van der Waals surface area contributed by atoms with Gasteiger partial charge in [0.1, 0.15) is 12.1 Å². The van der Waals surface area contributed by atoms with E-state index >= 15 is 0 Å². The molecule has 1 aliphatic heterocycles. The van der Waals surface area contributed by atoms with Gasteiger partial charge in [-0.2, -0.15) is 0 Å². The molecule has 4 aromatic rings. The number of amides is 2. The van der Waals surface area contributed by atoms with Gasteiger partial charge in [0.15, 0.2) is 0 Å². The predicted octanol–water partition coefficient (Wildman–Crippen LogP) is 3.97. The van der Waals surface area contributed by atoms with E-state index in [1.165, 1.54) is 30.6 Å². The number of hydrogen-bond acceptors (Lipinski definition) is 6. The second-order valence-corrected chi connectivity index (χ2v) is 8.30. The lowest BCUT2D eigenvalue weighted by atomic mass is 10.0. The topological polar surface area (TPSA) is 111 Å². The third-order valence-electron chi connectivity index (χ3n) is 5.50. The molecule has 2 N–H and O–H groups in total. The maximum Gasteiger partial charge on any atom is 0.487 e. The fourth-order valence-electron chi connectivity index (χ4n) is 3.97. The second kappa shape index (κ2) is 8.91. The van der Waals surface area contributed by atoms with Gasteiger partial charge in [-0.3, -0.25) is 9.59 Å². The monoisotopic (exact) mass is 498 g/mol. The van der Waals surface area contributed by atoms with Gasteiger partial charge in [-0.25, -0.2) is 15.0 Å². The number of fused-ring (bicyclic) bond motifs is 1. The minimum atomic E-state index is -3.83. The fourth-order valence-corrected chi connectivity index (χ4v) is 4.06. The Morgan fingerprint density at radius 1 is 1.20 bits per heavy atom. The van der Waals surface area contributed by atoms with E-state index in [0.717, 1.165) is 5.52 Å². The van der Waals surface area contributed by atoms with Crippen molar-refractivity contribution < 1.29 is 23.1 Å². The van der Waals surface area contributed by atoms with Crippen molar-refractivity contribution in [3.63, 3.8) is 0 Å². The van der Waals surface area contributed by atoms with E-state index in [-0.39, 0.29) is 17.7 Å². The van der Waals surface area contributed by atoms with Gasteiger partial charge in [-0.15, -0.1) is 8.78 Å². The van der Waals surface area contributed by atoms with Crippen molar-refractivity contribution in [2.24, 2.45) is 0 Å². The highest BCUT2D eigenvalue weighted by Gasteiger charge is 2.28. The molecule has 1 atom stereocenters. The SMILES string of the molecule is O=C1C[C@H](n2cnc3cc(C(=O)Nc4ccc(OC(F)(F)Cl)cc4)cc(-c4cncnc4)c32)CN1. The molecule has 1 saturated heterocycles. The first kappa shape index (κ1) is 22.7. The van der Waals surface area contributed by atoms with Gasteiger partial charge in [0.05, 0.1) is 23.4 Å². The van der Waals surface area contributed by atoms with Gasteiger partial charge in [0, 0.05) is 59.3 Å². The lowest BCUT2D eigenvalue weighted by Crippen LogP contribution is -2.16. The summed E-state index contributed by atoms with van der Waals surface area (Å²) in [7, 11) is 0. The Morgan fingerprint density at radius 2 is 1.94 bits per heavy atom. The zero-order chi connectivity index (χ0) is 24.6. The van der Waals surface area contributed by atoms with E-state index < -0.39 is 11.5 Å². The second-order valence-electron chi connectivity index (χ2n) is 7.86. The van der Waals surface area contributed by atoms with Crippen LogP contribution in [0.1, 0.15) is 22.8 Å². The molecule has 3 heterocycles. The number of carbonyl (C=O) groups excluding carboxylic acids is 2. The van der Waals surface area contributed by atoms with E-state index in [0.29, 0.717) is 40.9 Å². The Morgan fingerprint density at radius 3 is 2.60 bits per heavy atom. The molecule has 1 aliphatic rings. The molecular formula is C23H17ClF2N6O3. The van der Waals surface area contributed by atoms with Crippen molar-refractivity contribution in [2.75, 3.05) is 11.9 Å². The standard InChI is InChI=1S/C23H17ClF2N6O3/c24-23(25,26)35-17-3-1-15(2-4-17)31-22(34)13-5-18(14-8-27-11-28-9-14)21-19(6-13)30-12-32(21)16-7-20(33)29-10-16/h1-6,8-9,11-12,16H,7,10H2,(H,29,33)(H,31,34)/t16-/m0/s1. The van der Waals surface area contributed by atoms with E-state index in [2.05, 4.69) is 30.3 Å². The predicted molar refractivity (Wildman–Crippen MR) is 123 cm³/mol. The number of imidazole rings is 1. The Balaban J connectivity index is 1.49. The fraction of sp³-hybridized carbons (Fsp3) is 0.174. The average molecular weight is 499 g/mol. The number of anilines is 1. The molecule has 0 unspecified atom stereocenters. The van der Waals surface area contributed by atoms with Crippen molar-refractivity contribution in [3.8, 4) is 16.9 Å². The first-order valence-corrected chi connectivity index (χ1v) is 10.8. The highest BCUT2D eigenvalue weighted by Crippen LogP contribution is 2.33. The summed E-state index contributed by atoms with van der Waals surface area (Å²) in [5, 5.41) is 5.54. The highest BCUT2D eigenvalue weighted by molar-refractivity contribution is 6.20. The molecular weight excluding hydrogens is 482 g/mol. The molecule has 2 aromatic heterocycles. The number of ether oxygens (including phenoxy) is 1. The van der Waals surface area contributed by atoms with Gasteiger partial charge in [-0.1, -0.05) is 0 Å². The van der Waals surface area contributed by atoms with Crippen LogP contribution in [0.25, 0.3) is 22.2 Å². The first-order valence-electron chi connectivity index (χ1n) is 10.5. The summed E-state index contributed by atoms with van der Waals surface area (Å²) < 4.78 is 31.8. The highest BCUT2D eigenvalue weighted by atomic mass is 35.5. The molecule has 1 fully saturated rings. The number of halogens is 3. The number of carbonyl (C=O) groups is 2. The Hall–Kier alpha value is -4.12. The zero-order valence-electron chi connectivity index (χ0n) is 17.9. The molecule has 0 radical (unpaired) electrons.